The van der Waals surface area contributed by atoms with Crippen LogP contribution in [0.3, 0.4) is 0 Å². The zero-order chi connectivity index (χ0) is 14.7. The normalized spacial score (nSPS) is 16.2. The van der Waals surface area contributed by atoms with Gasteiger partial charge < -0.3 is 0 Å². The van der Waals surface area contributed by atoms with Crippen LogP contribution in [0.25, 0.3) is 0 Å². The molecular weight excluding hydrogens is 301 g/mol. The highest BCUT2D eigenvalue weighted by Crippen LogP contribution is 2.22. The Morgan fingerprint density at radius 1 is 1.10 bits per heavy atom. The molecule has 106 valence electrons. The number of imide groups is 1. The standard InChI is InChI=1S/C14H13Cl2NO3/c15-9-5-6-11(16)10(7-9)12(18)8-17-13(19)3-1-2-4-14(17)20/h5-7H,1-4,8H2. The molecule has 0 aromatic heterocycles. The third-order valence-electron chi connectivity index (χ3n) is 3.16. The van der Waals surface area contributed by atoms with Crippen molar-refractivity contribution >= 4 is 40.8 Å². The van der Waals surface area contributed by atoms with Gasteiger partial charge in [-0.15, -0.1) is 0 Å². The minimum atomic E-state index is -0.388. The third-order valence-corrected chi connectivity index (χ3v) is 3.73. The first-order chi connectivity index (χ1) is 9.49. The summed E-state index contributed by atoms with van der Waals surface area (Å²) in [5, 5.41) is 0.639. The van der Waals surface area contributed by atoms with Crippen molar-refractivity contribution in [3.63, 3.8) is 0 Å². The Bertz CT molecular complexity index is 554. The topological polar surface area (TPSA) is 54.5 Å². The molecule has 0 spiro atoms. The summed E-state index contributed by atoms with van der Waals surface area (Å²) in [6.45, 7) is -0.280. The van der Waals surface area contributed by atoms with E-state index in [0.717, 1.165) is 4.90 Å². The number of amides is 2. The first-order valence-corrected chi connectivity index (χ1v) is 7.06. The third kappa shape index (κ3) is 3.38. The molecule has 0 unspecified atom stereocenters. The molecule has 4 nitrogen and oxygen atoms in total. The summed E-state index contributed by atoms with van der Waals surface area (Å²) in [5.41, 5.74) is 0.226. The average Bonchev–Trinajstić information content (AvgIpc) is 2.56. The van der Waals surface area contributed by atoms with E-state index in [1.165, 1.54) is 12.1 Å². The molecule has 1 saturated heterocycles. The van der Waals surface area contributed by atoms with Gasteiger partial charge in [0.1, 0.15) is 0 Å². The van der Waals surface area contributed by atoms with E-state index in [1.54, 1.807) is 6.07 Å². The van der Waals surface area contributed by atoms with Crippen LogP contribution in [-0.2, 0) is 9.59 Å². The number of hydrogen-bond donors (Lipinski definition) is 0. The molecule has 20 heavy (non-hydrogen) atoms. The van der Waals surface area contributed by atoms with E-state index in [1.807, 2.05) is 0 Å². The Morgan fingerprint density at radius 3 is 2.30 bits per heavy atom. The summed E-state index contributed by atoms with van der Waals surface area (Å²) in [6.07, 6.45) is 1.94. The van der Waals surface area contributed by atoms with Crippen LogP contribution in [0.15, 0.2) is 18.2 Å². The molecule has 1 aromatic rings. The van der Waals surface area contributed by atoms with Crippen molar-refractivity contribution in [3.05, 3.63) is 33.8 Å². The fraction of sp³-hybridized carbons (Fsp3) is 0.357. The molecule has 0 saturated carbocycles. The maximum absolute atomic E-state index is 12.2. The van der Waals surface area contributed by atoms with Gasteiger partial charge in [0, 0.05) is 23.4 Å². The number of carbonyl (C=O) groups excluding carboxylic acids is 3. The van der Waals surface area contributed by atoms with E-state index in [9.17, 15) is 14.4 Å². The SMILES string of the molecule is O=C(CN1C(=O)CCCCC1=O)c1cc(Cl)ccc1Cl. The Balaban J connectivity index is 2.19. The van der Waals surface area contributed by atoms with Crippen molar-refractivity contribution in [2.75, 3.05) is 6.54 Å². The fourth-order valence-electron chi connectivity index (χ4n) is 2.08. The summed E-state index contributed by atoms with van der Waals surface area (Å²) >= 11 is 11.8. The molecule has 1 aromatic carbocycles. The number of nitrogens with zero attached hydrogens (tertiary/aromatic N) is 1. The number of hydrogen-bond acceptors (Lipinski definition) is 3. The van der Waals surface area contributed by atoms with Gasteiger partial charge in [-0.05, 0) is 31.0 Å². The van der Waals surface area contributed by atoms with Gasteiger partial charge in [-0.25, -0.2) is 0 Å². The van der Waals surface area contributed by atoms with Crippen LogP contribution in [0.5, 0.6) is 0 Å². The van der Waals surface area contributed by atoms with Gasteiger partial charge in [0.25, 0.3) is 0 Å². The number of halogens is 2. The van der Waals surface area contributed by atoms with Crippen LogP contribution < -0.4 is 0 Å². The van der Waals surface area contributed by atoms with E-state index in [0.29, 0.717) is 30.7 Å². The molecule has 1 aliphatic heterocycles. The quantitative estimate of drug-likeness (QED) is 0.636. The number of carbonyl (C=O) groups is 3. The summed E-state index contributed by atoms with van der Waals surface area (Å²) in [5.74, 6) is -1.00. The van der Waals surface area contributed by atoms with Gasteiger partial charge in [0.05, 0.1) is 11.6 Å². The summed E-state index contributed by atoms with van der Waals surface area (Å²) in [7, 11) is 0. The lowest BCUT2D eigenvalue weighted by molar-refractivity contribution is -0.143. The molecular formula is C14H13Cl2NO3. The first kappa shape index (κ1) is 15.0. The lowest BCUT2D eigenvalue weighted by Gasteiger charge is -2.18. The van der Waals surface area contributed by atoms with Gasteiger partial charge in [-0.2, -0.15) is 0 Å². The number of ketones is 1. The molecule has 1 fully saturated rings. The van der Waals surface area contributed by atoms with Crippen LogP contribution in [0.1, 0.15) is 36.0 Å². The number of benzene rings is 1. The van der Waals surface area contributed by atoms with Gasteiger partial charge >= 0.3 is 0 Å². The number of likely N-dealkylation sites (tertiary alicyclic amines) is 1. The van der Waals surface area contributed by atoms with Gasteiger partial charge in [-0.1, -0.05) is 23.2 Å². The van der Waals surface area contributed by atoms with E-state index in [4.69, 9.17) is 23.2 Å². The minimum absolute atomic E-state index is 0.226. The lowest BCUT2D eigenvalue weighted by atomic mass is 10.1. The van der Waals surface area contributed by atoms with Crippen molar-refractivity contribution in [2.45, 2.75) is 25.7 Å². The number of rotatable bonds is 3. The predicted octanol–water partition coefficient (Wildman–Crippen LogP) is 3.11. The van der Waals surface area contributed by atoms with Crippen LogP contribution >= 0.6 is 23.2 Å². The smallest absolute Gasteiger partial charge is 0.229 e. The summed E-state index contributed by atoms with van der Waals surface area (Å²) < 4.78 is 0. The molecule has 1 aliphatic rings. The second-order valence-corrected chi connectivity index (χ2v) is 5.47. The molecule has 0 radical (unpaired) electrons. The van der Waals surface area contributed by atoms with Gasteiger partial charge in [0.15, 0.2) is 5.78 Å². The Kier molecular flexibility index (Phi) is 4.78. The van der Waals surface area contributed by atoms with Gasteiger partial charge in [-0.3, -0.25) is 19.3 Å². The van der Waals surface area contributed by atoms with E-state index in [-0.39, 0.29) is 34.7 Å². The lowest BCUT2D eigenvalue weighted by Crippen LogP contribution is -2.39. The maximum Gasteiger partial charge on any atom is 0.229 e. The second-order valence-electron chi connectivity index (χ2n) is 4.63. The maximum atomic E-state index is 12.2. The van der Waals surface area contributed by atoms with Crippen molar-refractivity contribution in [2.24, 2.45) is 0 Å². The van der Waals surface area contributed by atoms with Crippen LogP contribution in [0.4, 0.5) is 0 Å². The fourth-order valence-corrected chi connectivity index (χ4v) is 2.47. The van der Waals surface area contributed by atoms with Crippen molar-refractivity contribution in [1.29, 1.82) is 0 Å². The molecule has 1 heterocycles. The highest BCUT2D eigenvalue weighted by molar-refractivity contribution is 6.36. The Labute approximate surface area is 126 Å². The largest absolute Gasteiger partial charge is 0.292 e. The van der Waals surface area contributed by atoms with E-state index >= 15 is 0 Å². The minimum Gasteiger partial charge on any atom is -0.292 e. The highest BCUT2D eigenvalue weighted by Gasteiger charge is 2.27. The van der Waals surface area contributed by atoms with Crippen LogP contribution in [0, 0.1) is 0 Å². The Hall–Kier alpha value is -1.39. The predicted molar refractivity (Wildman–Crippen MR) is 76.0 cm³/mol. The zero-order valence-corrected chi connectivity index (χ0v) is 12.2. The molecule has 0 aliphatic carbocycles. The Morgan fingerprint density at radius 2 is 1.70 bits per heavy atom. The van der Waals surface area contributed by atoms with Crippen molar-refractivity contribution in [1.82, 2.24) is 4.90 Å². The first-order valence-electron chi connectivity index (χ1n) is 6.30. The van der Waals surface area contributed by atoms with E-state index in [2.05, 4.69) is 0 Å². The van der Waals surface area contributed by atoms with E-state index < -0.39 is 0 Å². The van der Waals surface area contributed by atoms with Crippen molar-refractivity contribution in [3.8, 4) is 0 Å². The zero-order valence-electron chi connectivity index (χ0n) is 10.7. The molecule has 0 N–H and O–H groups in total. The van der Waals surface area contributed by atoms with Crippen LogP contribution in [0.2, 0.25) is 10.0 Å². The molecule has 2 amide bonds. The summed E-state index contributed by atoms with van der Waals surface area (Å²) in [6, 6.07) is 4.53. The molecule has 0 atom stereocenters. The molecule has 0 bridgehead atoms. The molecule has 6 heteroatoms. The highest BCUT2D eigenvalue weighted by atomic mass is 35.5. The van der Waals surface area contributed by atoms with Crippen molar-refractivity contribution < 1.29 is 14.4 Å². The van der Waals surface area contributed by atoms with Crippen LogP contribution in [-0.4, -0.2) is 29.0 Å². The average molecular weight is 314 g/mol. The second kappa shape index (κ2) is 6.37. The summed E-state index contributed by atoms with van der Waals surface area (Å²) in [4.78, 5) is 36.9. The number of Topliss-reactive ketones (excluding diaryl/α,β-unsaturated/α-hetero) is 1. The monoisotopic (exact) mass is 313 g/mol. The van der Waals surface area contributed by atoms with Gasteiger partial charge in [0.2, 0.25) is 11.8 Å². The molecule has 2 rings (SSSR count).